The first-order valence-electron chi connectivity index (χ1n) is 5.53. The predicted molar refractivity (Wildman–Crippen MR) is 59.7 cm³/mol. The zero-order chi connectivity index (χ0) is 11.5. The fourth-order valence-corrected chi connectivity index (χ4v) is 1.73. The fraction of sp³-hybridized carbons (Fsp3) is 0.909. The minimum atomic E-state index is -0.181. The van der Waals surface area contributed by atoms with Crippen molar-refractivity contribution in [2.75, 3.05) is 13.7 Å². The second kappa shape index (κ2) is 4.94. The van der Waals surface area contributed by atoms with Crippen LogP contribution >= 0.6 is 0 Å². The molecule has 4 nitrogen and oxygen atoms in total. The smallest absolute Gasteiger partial charge is 0.237 e. The van der Waals surface area contributed by atoms with Crippen molar-refractivity contribution in [1.29, 1.82) is 0 Å². The van der Waals surface area contributed by atoms with Crippen LogP contribution in [0.3, 0.4) is 0 Å². The molecule has 0 radical (unpaired) electrons. The lowest BCUT2D eigenvalue weighted by molar-refractivity contribution is -0.125. The lowest BCUT2D eigenvalue weighted by Gasteiger charge is -2.31. The Morgan fingerprint density at radius 2 is 2.27 bits per heavy atom. The van der Waals surface area contributed by atoms with Crippen molar-refractivity contribution in [3.63, 3.8) is 0 Å². The molecule has 1 aliphatic rings. The van der Waals surface area contributed by atoms with E-state index in [0.717, 1.165) is 19.4 Å². The molecular formula is C11H22N2O2. The second-order valence-corrected chi connectivity index (χ2v) is 4.87. The van der Waals surface area contributed by atoms with Gasteiger partial charge in [0.2, 0.25) is 5.91 Å². The summed E-state index contributed by atoms with van der Waals surface area (Å²) in [7, 11) is 1.70. The third-order valence-electron chi connectivity index (χ3n) is 2.88. The number of carbonyl (C=O) groups excluding carboxylic acids is 1. The summed E-state index contributed by atoms with van der Waals surface area (Å²) < 4.78 is 5.32. The molecule has 1 rings (SSSR count). The van der Waals surface area contributed by atoms with Gasteiger partial charge in [-0.25, -0.2) is 0 Å². The summed E-state index contributed by atoms with van der Waals surface area (Å²) in [6.45, 7) is 7.02. The van der Waals surface area contributed by atoms with Crippen LogP contribution in [0.2, 0.25) is 0 Å². The average molecular weight is 214 g/mol. The predicted octanol–water partition coefficient (Wildman–Crippen LogP) is 0.668. The third-order valence-corrected chi connectivity index (χ3v) is 2.88. The summed E-state index contributed by atoms with van der Waals surface area (Å²) >= 11 is 0. The summed E-state index contributed by atoms with van der Waals surface area (Å²) in [5.41, 5.74) is -0.181. The Morgan fingerprint density at radius 3 is 2.67 bits per heavy atom. The van der Waals surface area contributed by atoms with E-state index in [4.69, 9.17) is 4.74 Å². The van der Waals surface area contributed by atoms with Crippen LogP contribution in [0.15, 0.2) is 0 Å². The molecule has 1 amide bonds. The number of ether oxygens (including phenoxy) is 1. The van der Waals surface area contributed by atoms with Gasteiger partial charge in [-0.2, -0.15) is 0 Å². The van der Waals surface area contributed by atoms with E-state index in [1.165, 1.54) is 0 Å². The number of rotatable bonds is 5. The Morgan fingerprint density at radius 1 is 1.67 bits per heavy atom. The topological polar surface area (TPSA) is 50.4 Å². The van der Waals surface area contributed by atoms with Gasteiger partial charge < -0.3 is 15.4 Å². The highest BCUT2D eigenvalue weighted by Gasteiger charge is 2.27. The summed E-state index contributed by atoms with van der Waals surface area (Å²) in [5, 5.41) is 6.07. The van der Waals surface area contributed by atoms with Crippen LogP contribution in [0.1, 0.15) is 33.6 Å². The minimum Gasteiger partial charge on any atom is -0.379 e. The van der Waals surface area contributed by atoms with Gasteiger partial charge in [0.25, 0.3) is 0 Å². The van der Waals surface area contributed by atoms with Gasteiger partial charge in [0.1, 0.15) is 0 Å². The van der Waals surface area contributed by atoms with Gasteiger partial charge in [0, 0.05) is 13.2 Å². The summed E-state index contributed by atoms with van der Waals surface area (Å²) in [6, 6.07) is 0.174. The lowest BCUT2D eigenvalue weighted by atomic mass is 9.99. The zero-order valence-electron chi connectivity index (χ0n) is 10.1. The SMILES string of the molecule is COC(C)(C)CC(C)NC(=O)[C@H]1CCN1. The maximum Gasteiger partial charge on any atom is 0.237 e. The second-order valence-electron chi connectivity index (χ2n) is 4.87. The standard InChI is InChI=1S/C11H22N2O2/c1-8(7-11(2,3)15-4)13-10(14)9-5-6-12-9/h8-9,12H,5-7H2,1-4H3,(H,13,14)/t8?,9-/m1/s1. The van der Waals surface area contributed by atoms with Crippen molar-refractivity contribution in [3.05, 3.63) is 0 Å². The molecule has 0 spiro atoms. The molecule has 1 aliphatic heterocycles. The van der Waals surface area contributed by atoms with Gasteiger partial charge in [-0.05, 0) is 40.2 Å². The summed E-state index contributed by atoms with van der Waals surface area (Å²) in [4.78, 5) is 11.6. The number of hydrogen-bond acceptors (Lipinski definition) is 3. The van der Waals surface area contributed by atoms with Gasteiger partial charge in [0.15, 0.2) is 0 Å². The Balaban J connectivity index is 2.28. The monoisotopic (exact) mass is 214 g/mol. The highest BCUT2D eigenvalue weighted by Crippen LogP contribution is 2.15. The van der Waals surface area contributed by atoms with E-state index in [1.807, 2.05) is 20.8 Å². The van der Waals surface area contributed by atoms with Crippen LogP contribution in [0.25, 0.3) is 0 Å². The van der Waals surface area contributed by atoms with E-state index in [9.17, 15) is 4.79 Å². The van der Waals surface area contributed by atoms with Crippen molar-refractivity contribution >= 4 is 5.91 Å². The summed E-state index contributed by atoms with van der Waals surface area (Å²) in [6.07, 6.45) is 1.77. The first-order chi connectivity index (χ1) is 6.94. The molecule has 0 aromatic heterocycles. The van der Waals surface area contributed by atoms with Gasteiger partial charge in [-0.3, -0.25) is 4.79 Å². The van der Waals surface area contributed by atoms with E-state index >= 15 is 0 Å². The van der Waals surface area contributed by atoms with Crippen molar-refractivity contribution in [2.24, 2.45) is 0 Å². The molecule has 1 saturated heterocycles. The Bertz CT molecular complexity index is 225. The van der Waals surface area contributed by atoms with Crippen LogP contribution in [-0.4, -0.2) is 37.2 Å². The molecule has 0 aromatic rings. The molecule has 4 heteroatoms. The molecule has 1 fully saturated rings. The van der Waals surface area contributed by atoms with Crippen molar-refractivity contribution in [1.82, 2.24) is 10.6 Å². The quantitative estimate of drug-likeness (QED) is 0.707. The molecule has 0 bridgehead atoms. The molecule has 88 valence electrons. The maximum atomic E-state index is 11.6. The number of amides is 1. The largest absolute Gasteiger partial charge is 0.379 e. The van der Waals surface area contributed by atoms with Crippen LogP contribution in [-0.2, 0) is 9.53 Å². The molecule has 1 unspecified atom stereocenters. The highest BCUT2D eigenvalue weighted by atomic mass is 16.5. The highest BCUT2D eigenvalue weighted by molar-refractivity contribution is 5.82. The van der Waals surface area contributed by atoms with Crippen molar-refractivity contribution in [2.45, 2.75) is 51.3 Å². The Labute approximate surface area is 91.8 Å². The van der Waals surface area contributed by atoms with Gasteiger partial charge in [-0.15, -0.1) is 0 Å². The molecule has 2 N–H and O–H groups in total. The molecular weight excluding hydrogens is 192 g/mol. The van der Waals surface area contributed by atoms with E-state index in [1.54, 1.807) is 7.11 Å². The van der Waals surface area contributed by atoms with Gasteiger partial charge in [0.05, 0.1) is 11.6 Å². The fourth-order valence-electron chi connectivity index (χ4n) is 1.73. The Kier molecular flexibility index (Phi) is 4.11. The zero-order valence-corrected chi connectivity index (χ0v) is 10.1. The number of nitrogens with one attached hydrogen (secondary N) is 2. The van der Waals surface area contributed by atoms with E-state index < -0.39 is 0 Å². The third kappa shape index (κ3) is 3.80. The number of carbonyl (C=O) groups is 1. The Hall–Kier alpha value is -0.610. The van der Waals surface area contributed by atoms with Gasteiger partial charge in [-0.1, -0.05) is 0 Å². The van der Waals surface area contributed by atoms with Crippen molar-refractivity contribution < 1.29 is 9.53 Å². The van der Waals surface area contributed by atoms with Crippen LogP contribution in [0.4, 0.5) is 0 Å². The van der Waals surface area contributed by atoms with Gasteiger partial charge >= 0.3 is 0 Å². The first-order valence-corrected chi connectivity index (χ1v) is 5.53. The normalized spacial score (nSPS) is 23.1. The summed E-state index contributed by atoms with van der Waals surface area (Å²) in [5.74, 6) is 0.112. The molecule has 0 aromatic carbocycles. The molecule has 0 aliphatic carbocycles. The first kappa shape index (κ1) is 12.5. The maximum absolute atomic E-state index is 11.6. The van der Waals surface area contributed by atoms with E-state index in [2.05, 4.69) is 10.6 Å². The molecule has 2 atom stereocenters. The van der Waals surface area contributed by atoms with Crippen LogP contribution in [0.5, 0.6) is 0 Å². The lowest BCUT2D eigenvalue weighted by Crippen LogP contribution is -2.55. The van der Waals surface area contributed by atoms with Crippen LogP contribution < -0.4 is 10.6 Å². The van der Waals surface area contributed by atoms with Crippen LogP contribution in [0, 0.1) is 0 Å². The average Bonchev–Trinajstić information content (AvgIpc) is 1.99. The molecule has 15 heavy (non-hydrogen) atoms. The van der Waals surface area contributed by atoms with E-state index in [0.29, 0.717) is 0 Å². The number of methoxy groups -OCH3 is 1. The van der Waals surface area contributed by atoms with E-state index in [-0.39, 0.29) is 23.6 Å². The molecule has 1 heterocycles. The van der Waals surface area contributed by atoms with Crippen molar-refractivity contribution in [3.8, 4) is 0 Å². The minimum absolute atomic E-state index is 0.0260. The number of hydrogen-bond donors (Lipinski definition) is 2. The molecule has 0 saturated carbocycles.